The number of aliphatic hydroxyl groups excluding tert-OH is 1. The number of amides is 1. The number of piperidine rings is 2. The Morgan fingerprint density at radius 2 is 1.87 bits per heavy atom. The lowest BCUT2D eigenvalue weighted by Crippen LogP contribution is -2.43. The van der Waals surface area contributed by atoms with E-state index in [1.807, 2.05) is 27.7 Å². The van der Waals surface area contributed by atoms with Gasteiger partial charge in [0.05, 0.1) is 6.10 Å². The van der Waals surface area contributed by atoms with Crippen molar-refractivity contribution >= 4 is 5.91 Å². The van der Waals surface area contributed by atoms with E-state index in [9.17, 15) is 9.90 Å². The molecule has 0 bridgehead atoms. The molecule has 0 spiro atoms. The summed E-state index contributed by atoms with van der Waals surface area (Å²) in [7, 11) is 0. The fourth-order valence-corrected chi connectivity index (χ4v) is 3.80. The van der Waals surface area contributed by atoms with Gasteiger partial charge in [0.25, 0.3) is 0 Å². The molecule has 30 heavy (non-hydrogen) atoms. The van der Waals surface area contributed by atoms with Gasteiger partial charge in [-0.25, -0.2) is 0 Å². The van der Waals surface area contributed by atoms with Crippen LogP contribution in [0.2, 0.25) is 0 Å². The quantitative estimate of drug-likeness (QED) is 0.611. The monoisotopic (exact) mass is 420 g/mol. The molecular formula is C26H48N2O2. The van der Waals surface area contributed by atoms with Crippen LogP contribution in [0.25, 0.3) is 0 Å². The van der Waals surface area contributed by atoms with Gasteiger partial charge in [-0.15, -0.1) is 0 Å². The molecule has 2 heterocycles. The Morgan fingerprint density at radius 1 is 1.23 bits per heavy atom. The average molecular weight is 421 g/mol. The molecule has 1 amide bonds. The van der Waals surface area contributed by atoms with Crippen LogP contribution in [0, 0.1) is 11.8 Å². The number of rotatable bonds is 5. The third-order valence-corrected chi connectivity index (χ3v) is 5.75. The Balaban J connectivity index is 0.000000535. The molecular weight excluding hydrogens is 372 g/mol. The number of hydrogen-bond acceptors (Lipinski definition) is 3. The average Bonchev–Trinajstić information content (AvgIpc) is 2.75. The van der Waals surface area contributed by atoms with Gasteiger partial charge in [-0.3, -0.25) is 4.79 Å². The number of aliphatic hydroxyl groups is 1. The Bertz CT molecular complexity index is 565. The number of likely N-dealkylation sites (tertiary alicyclic amines) is 2. The third kappa shape index (κ3) is 9.51. The number of carbonyl (C=O) groups is 1. The minimum absolute atomic E-state index is 0.0512. The maximum Gasteiger partial charge on any atom is 0.225 e. The SMILES string of the molecule is C=C1CCN(C(=C)C(C)CCC)C/C1=C/C.CC.CC(C)C(=O)N1CCCC(O)C1. The summed E-state index contributed by atoms with van der Waals surface area (Å²) in [6, 6.07) is 0. The van der Waals surface area contributed by atoms with Gasteiger partial charge in [0.1, 0.15) is 0 Å². The van der Waals surface area contributed by atoms with E-state index in [4.69, 9.17) is 0 Å². The maximum atomic E-state index is 11.5. The molecule has 0 saturated carbocycles. The molecule has 0 aromatic heterocycles. The number of carbonyl (C=O) groups excluding carboxylic acids is 1. The molecule has 2 fully saturated rings. The first-order valence-corrected chi connectivity index (χ1v) is 11.9. The Morgan fingerprint density at radius 3 is 2.37 bits per heavy atom. The molecule has 2 aliphatic heterocycles. The summed E-state index contributed by atoms with van der Waals surface area (Å²) in [6.07, 6.45) is 7.20. The van der Waals surface area contributed by atoms with Crippen molar-refractivity contribution in [1.29, 1.82) is 0 Å². The second-order valence-electron chi connectivity index (χ2n) is 8.51. The van der Waals surface area contributed by atoms with Gasteiger partial charge in [0.15, 0.2) is 0 Å². The summed E-state index contributed by atoms with van der Waals surface area (Å²) in [5.41, 5.74) is 3.99. The predicted octanol–water partition coefficient (Wildman–Crippen LogP) is 5.80. The van der Waals surface area contributed by atoms with Gasteiger partial charge in [-0.2, -0.15) is 0 Å². The number of hydrogen-bond donors (Lipinski definition) is 1. The lowest BCUT2D eigenvalue weighted by molar-refractivity contribution is -0.137. The molecule has 2 atom stereocenters. The molecule has 4 heteroatoms. The number of nitrogens with zero attached hydrogens (tertiary/aromatic N) is 2. The molecule has 2 saturated heterocycles. The molecule has 4 nitrogen and oxygen atoms in total. The predicted molar refractivity (Wildman–Crippen MR) is 130 cm³/mol. The smallest absolute Gasteiger partial charge is 0.225 e. The van der Waals surface area contributed by atoms with Crippen LogP contribution in [-0.2, 0) is 4.79 Å². The van der Waals surface area contributed by atoms with Gasteiger partial charge in [-0.05, 0) is 49.7 Å². The van der Waals surface area contributed by atoms with E-state index in [1.165, 1.54) is 29.7 Å². The zero-order valence-corrected chi connectivity index (χ0v) is 20.8. The van der Waals surface area contributed by atoms with Gasteiger partial charge in [0.2, 0.25) is 5.91 Å². The van der Waals surface area contributed by atoms with Crippen molar-refractivity contribution in [2.45, 2.75) is 86.7 Å². The van der Waals surface area contributed by atoms with Crippen molar-refractivity contribution in [2.75, 3.05) is 26.2 Å². The summed E-state index contributed by atoms with van der Waals surface area (Å²) in [5, 5.41) is 9.32. The van der Waals surface area contributed by atoms with Crippen molar-refractivity contribution in [2.24, 2.45) is 11.8 Å². The van der Waals surface area contributed by atoms with Crippen LogP contribution in [-0.4, -0.2) is 53.1 Å². The molecule has 0 aromatic carbocycles. The highest BCUT2D eigenvalue weighted by Crippen LogP contribution is 2.27. The van der Waals surface area contributed by atoms with Crippen LogP contribution in [0.1, 0.15) is 80.6 Å². The van der Waals surface area contributed by atoms with Gasteiger partial charge >= 0.3 is 0 Å². The highest BCUT2D eigenvalue weighted by Gasteiger charge is 2.23. The fourth-order valence-electron chi connectivity index (χ4n) is 3.80. The second kappa shape index (κ2) is 15.3. The minimum atomic E-state index is -0.304. The molecule has 2 aliphatic rings. The Kier molecular flexibility index (Phi) is 14.5. The molecule has 2 rings (SSSR count). The van der Waals surface area contributed by atoms with Gasteiger partial charge in [0, 0.05) is 37.8 Å². The standard InChI is InChI=1S/C15H25N.C9H17NO2.C2H6/c1-6-8-12(3)14(5)16-10-9-13(4)15(7-2)11-16;1-7(2)9(12)10-5-3-4-8(11)6-10;1-2/h7,12H,4-6,8-11H2,1-3H3;7-8,11H,3-6H2,1-2H3;1-2H3/b15-7-;;. The van der Waals surface area contributed by atoms with Crippen molar-refractivity contribution in [1.82, 2.24) is 9.80 Å². The largest absolute Gasteiger partial charge is 0.391 e. The third-order valence-electron chi connectivity index (χ3n) is 5.75. The fraction of sp³-hybridized carbons (Fsp3) is 0.731. The van der Waals surface area contributed by atoms with E-state index in [0.29, 0.717) is 12.5 Å². The highest BCUT2D eigenvalue weighted by molar-refractivity contribution is 5.78. The van der Waals surface area contributed by atoms with E-state index < -0.39 is 0 Å². The Labute approximate surface area is 186 Å². The second-order valence-corrected chi connectivity index (χ2v) is 8.51. The molecule has 0 radical (unpaired) electrons. The summed E-state index contributed by atoms with van der Waals surface area (Å²) in [5.74, 6) is 0.818. The number of allylic oxidation sites excluding steroid dienone is 2. The normalized spacial score (nSPS) is 21.4. The van der Waals surface area contributed by atoms with Crippen molar-refractivity contribution < 1.29 is 9.90 Å². The molecule has 1 N–H and O–H groups in total. The maximum absolute atomic E-state index is 11.5. The molecule has 2 unspecified atom stereocenters. The molecule has 174 valence electrons. The van der Waals surface area contributed by atoms with E-state index in [-0.39, 0.29) is 17.9 Å². The zero-order chi connectivity index (χ0) is 23.3. The summed E-state index contributed by atoms with van der Waals surface area (Å²) >= 11 is 0. The number of β-amino-alcohol motifs (C(OH)–C–C–N with tert-alkyl or cyclic N) is 1. The van der Waals surface area contributed by atoms with Crippen molar-refractivity contribution in [3.63, 3.8) is 0 Å². The lowest BCUT2D eigenvalue weighted by atomic mass is 9.95. The van der Waals surface area contributed by atoms with E-state index in [0.717, 1.165) is 38.9 Å². The van der Waals surface area contributed by atoms with Crippen LogP contribution < -0.4 is 0 Å². The van der Waals surface area contributed by atoms with Crippen molar-refractivity contribution in [3.8, 4) is 0 Å². The summed E-state index contributed by atoms with van der Waals surface area (Å²) < 4.78 is 0. The van der Waals surface area contributed by atoms with Crippen LogP contribution in [0.15, 0.2) is 36.1 Å². The first-order valence-electron chi connectivity index (χ1n) is 11.9. The summed E-state index contributed by atoms with van der Waals surface area (Å²) in [6.45, 7) is 26.2. The van der Waals surface area contributed by atoms with Crippen LogP contribution in [0.5, 0.6) is 0 Å². The topological polar surface area (TPSA) is 43.8 Å². The minimum Gasteiger partial charge on any atom is -0.391 e. The van der Waals surface area contributed by atoms with E-state index in [2.05, 4.69) is 44.9 Å². The van der Waals surface area contributed by atoms with Crippen LogP contribution >= 0.6 is 0 Å². The first kappa shape index (κ1) is 28.5. The molecule has 0 aliphatic carbocycles. The zero-order valence-electron chi connectivity index (χ0n) is 20.8. The van der Waals surface area contributed by atoms with E-state index >= 15 is 0 Å². The van der Waals surface area contributed by atoms with Crippen LogP contribution in [0.4, 0.5) is 0 Å². The highest BCUT2D eigenvalue weighted by atomic mass is 16.3. The van der Waals surface area contributed by atoms with Gasteiger partial charge < -0.3 is 14.9 Å². The van der Waals surface area contributed by atoms with E-state index in [1.54, 1.807) is 4.90 Å². The molecule has 0 aromatic rings. The first-order chi connectivity index (χ1) is 14.2. The lowest BCUT2D eigenvalue weighted by Gasteiger charge is -2.35. The van der Waals surface area contributed by atoms with Gasteiger partial charge in [-0.1, -0.05) is 67.2 Å². The van der Waals surface area contributed by atoms with Crippen molar-refractivity contribution in [3.05, 3.63) is 36.1 Å². The Hall–Kier alpha value is -1.55. The summed E-state index contributed by atoms with van der Waals surface area (Å²) in [4.78, 5) is 15.6. The van der Waals surface area contributed by atoms with Crippen LogP contribution in [0.3, 0.4) is 0 Å².